The smallest absolute Gasteiger partial charge is 0.415 e. The van der Waals surface area contributed by atoms with Gasteiger partial charge in [-0.3, -0.25) is 9.78 Å². The van der Waals surface area contributed by atoms with Crippen molar-refractivity contribution in [2.45, 2.75) is 26.2 Å². The van der Waals surface area contributed by atoms with Crippen molar-refractivity contribution in [3.8, 4) is 17.2 Å². The van der Waals surface area contributed by atoms with E-state index < -0.39 is 6.09 Å². The number of fused-ring (bicyclic) bond motifs is 1. The topological polar surface area (TPSA) is 87.2 Å². The SMILES string of the molecule is COc1cc(/C=C2/C(C)=C(CCC(=O)Cc3cccnc3)c3cc(F)ccc32)cc(OC)c1OC(=O)N1CCOCC1. The molecule has 0 radical (unpaired) electrons. The van der Waals surface area contributed by atoms with E-state index in [0.717, 1.165) is 39.0 Å². The number of hydrogen-bond donors (Lipinski definition) is 0. The third-order valence-corrected chi connectivity index (χ3v) is 7.48. The summed E-state index contributed by atoms with van der Waals surface area (Å²) >= 11 is 0. The molecule has 9 heteroatoms. The molecular formula is C33H33FN2O6. The van der Waals surface area contributed by atoms with Gasteiger partial charge >= 0.3 is 6.09 Å². The van der Waals surface area contributed by atoms with Gasteiger partial charge in [0.25, 0.3) is 0 Å². The van der Waals surface area contributed by atoms with Crippen molar-refractivity contribution in [2.75, 3.05) is 40.5 Å². The molecule has 1 aliphatic heterocycles. The van der Waals surface area contributed by atoms with Gasteiger partial charge in [0, 0.05) is 38.3 Å². The molecule has 0 saturated carbocycles. The first-order valence-electron chi connectivity index (χ1n) is 13.8. The van der Waals surface area contributed by atoms with Crippen LogP contribution in [0.1, 0.15) is 42.0 Å². The van der Waals surface area contributed by atoms with Crippen molar-refractivity contribution in [1.29, 1.82) is 0 Å². The number of morpholine rings is 1. The van der Waals surface area contributed by atoms with Gasteiger partial charge in [0.15, 0.2) is 11.5 Å². The number of aromatic nitrogens is 1. The monoisotopic (exact) mass is 572 g/mol. The Morgan fingerprint density at radius 2 is 1.79 bits per heavy atom. The zero-order chi connectivity index (χ0) is 29.6. The Morgan fingerprint density at radius 3 is 2.45 bits per heavy atom. The molecular weight excluding hydrogens is 539 g/mol. The number of pyridine rings is 1. The van der Waals surface area contributed by atoms with Crippen LogP contribution in [-0.2, 0) is 16.0 Å². The second kappa shape index (κ2) is 13.0. The summed E-state index contributed by atoms with van der Waals surface area (Å²) in [6, 6.07) is 12.0. The Morgan fingerprint density at radius 1 is 1.05 bits per heavy atom. The lowest BCUT2D eigenvalue weighted by atomic mass is 9.98. The van der Waals surface area contributed by atoms with Crippen molar-refractivity contribution >= 4 is 29.1 Å². The van der Waals surface area contributed by atoms with Crippen LogP contribution >= 0.6 is 0 Å². The molecule has 0 unspecified atom stereocenters. The highest BCUT2D eigenvalue weighted by Gasteiger charge is 2.26. The van der Waals surface area contributed by atoms with Gasteiger partial charge in [-0.05, 0) is 88.7 Å². The number of ether oxygens (including phenoxy) is 4. The first kappa shape index (κ1) is 29.0. The molecule has 2 heterocycles. The molecule has 2 aliphatic rings. The summed E-state index contributed by atoms with van der Waals surface area (Å²) in [6.45, 7) is 3.77. The van der Waals surface area contributed by atoms with Gasteiger partial charge in [-0.15, -0.1) is 0 Å². The predicted octanol–water partition coefficient (Wildman–Crippen LogP) is 5.99. The first-order chi connectivity index (χ1) is 20.4. The highest BCUT2D eigenvalue weighted by Crippen LogP contribution is 2.46. The molecule has 3 aromatic rings. The van der Waals surface area contributed by atoms with Crippen molar-refractivity contribution in [3.05, 3.63) is 88.5 Å². The number of carbonyl (C=O) groups excluding carboxylic acids is 2. The number of halogens is 1. The second-order valence-electron chi connectivity index (χ2n) is 10.2. The number of nitrogens with zero attached hydrogens (tertiary/aromatic N) is 2. The summed E-state index contributed by atoms with van der Waals surface area (Å²) in [5.74, 6) is 0.616. The first-order valence-corrected chi connectivity index (χ1v) is 13.8. The maximum Gasteiger partial charge on any atom is 0.415 e. The number of rotatable bonds is 9. The summed E-state index contributed by atoms with van der Waals surface area (Å²) in [5, 5.41) is 0. The fourth-order valence-corrected chi connectivity index (χ4v) is 5.31. The predicted molar refractivity (Wildman–Crippen MR) is 157 cm³/mol. The van der Waals surface area contributed by atoms with E-state index in [1.807, 2.05) is 25.1 Å². The zero-order valence-corrected chi connectivity index (χ0v) is 23.9. The standard InChI is InChI=1S/C33H33FN2O6/c1-21-26(9-7-25(37)15-22-5-4-10-35-20-22)29-19-24(34)6-8-27(29)28(21)16-23-17-30(39-2)32(31(18-23)40-3)42-33(38)36-11-13-41-14-12-36/h4-6,8,10,16-20H,7,9,11-15H2,1-3H3/b28-16-. The van der Waals surface area contributed by atoms with Gasteiger partial charge in [0.2, 0.25) is 5.75 Å². The Labute approximate surface area is 244 Å². The van der Waals surface area contributed by atoms with Crippen LogP contribution in [0.15, 0.2) is 60.4 Å². The third kappa shape index (κ3) is 6.36. The number of allylic oxidation sites excluding steroid dienone is 3. The molecule has 1 fully saturated rings. The third-order valence-electron chi connectivity index (χ3n) is 7.48. The Balaban J connectivity index is 1.43. The quantitative estimate of drug-likeness (QED) is 0.311. The molecule has 1 aliphatic carbocycles. The van der Waals surface area contributed by atoms with Crippen molar-refractivity contribution in [3.63, 3.8) is 0 Å². The molecule has 5 rings (SSSR count). The fraction of sp³-hybridized carbons (Fsp3) is 0.303. The van der Waals surface area contributed by atoms with Crippen LogP contribution in [0.2, 0.25) is 0 Å². The number of benzene rings is 2. The zero-order valence-electron chi connectivity index (χ0n) is 23.9. The van der Waals surface area contributed by atoms with E-state index in [1.54, 1.807) is 35.5 Å². The van der Waals surface area contributed by atoms with E-state index in [0.29, 0.717) is 57.1 Å². The van der Waals surface area contributed by atoms with E-state index in [1.165, 1.54) is 26.4 Å². The Kier molecular flexibility index (Phi) is 8.97. The minimum Gasteiger partial charge on any atom is -0.493 e. The molecule has 1 aromatic heterocycles. The maximum atomic E-state index is 14.4. The lowest BCUT2D eigenvalue weighted by Crippen LogP contribution is -2.42. The van der Waals surface area contributed by atoms with Crippen LogP contribution < -0.4 is 14.2 Å². The molecule has 0 atom stereocenters. The largest absolute Gasteiger partial charge is 0.493 e. The van der Waals surface area contributed by atoms with Crippen molar-refractivity contribution in [2.24, 2.45) is 0 Å². The van der Waals surface area contributed by atoms with Gasteiger partial charge < -0.3 is 23.8 Å². The number of amides is 1. The summed E-state index contributed by atoms with van der Waals surface area (Å²) in [4.78, 5) is 31.2. The molecule has 8 nitrogen and oxygen atoms in total. The molecule has 1 saturated heterocycles. The Bertz CT molecular complexity index is 1520. The van der Waals surface area contributed by atoms with Crippen LogP contribution in [0.3, 0.4) is 0 Å². The van der Waals surface area contributed by atoms with Crippen molar-refractivity contribution in [1.82, 2.24) is 9.88 Å². The minimum atomic E-state index is -0.505. The van der Waals surface area contributed by atoms with Crippen LogP contribution in [0.4, 0.5) is 9.18 Å². The minimum absolute atomic E-state index is 0.0929. The average molecular weight is 573 g/mol. The number of methoxy groups -OCH3 is 2. The summed E-state index contributed by atoms with van der Waals surface area (Å²) in [7, 11) is 2.99. The molecule has 2 aromatic carbocycles. The van der Waals surface area contributed by atoms with E-state index in [-0.39, 0.29) is 17.3 Å². The summed E-state index contributed by atoms with van der Waals surface area (Å²) in [6.07, 6.45) is 5.96. The van der Waals surface area contributed by atoms with Gasteiger partial charge in [-0.25, -0.2) is 9.18 Å². The molecule has 218 valence electrons. The number of hydrogen-bond acceptors (Lipinski definition) is 7. The van der Waals surface area contributed by atoms with E-state index in [4.69, 9.17) is 18.9 Å². The maximum absolute atomic E-state index is 14.4. The van der Waals surface area contributed by atoms with E-state index >= 15 is 0 Å². The number of Topliss-reactive ketones (excluding diaryl/α,β-unsaturated/α-hetero) is 1. The van der Waals surface area contributed by atoms with Crippen LogP contribution in [0, 0.1) is 5.82 Å². The molecule has 0 spiro atoms. The van der Waals surface area contributed by atoms with Crippen molar-refractivity contribution < 1.29 is 32.9 Å². The van der Waals surface area contributed by atoms with Crippen LogP contribution in [-0.4, -0.2) is 62.3 Å². The molecule has 1 amide bonds. The highest BCUT2D eigenvalue weighted by atomic mass is 19.1. The number of carbonyl (C=O) groups is 2. The van der Waals surface area contributed by atoms with Crippen LogP contribution in [0.25, 0.3) is 17.2 Å². The lowest BCUT2D eigenvalue weighted by molar-refractivity contribution is -0.118. The lowest BCUT2D eigenvalue weighted by Gasteiger charge is -2.26. The van der Waals surface area contributed by atoms with Gasteiger partial charge in [-0.1, -0.05) is 12.1 Å². The summed E-state index contributed by atoms with van der Waals surface area (Å²) < 4.78 is 36.6. The van der Waals surface area contributed by atoms with Gasteiger partial charge in [0.1, 0.15) is 11.6 Å². The normalized spacial score (nSPS) is 15.5. The second-order valence-corrected chi connectivity index (χ2v) is 10.2. The molecule has 0 bridgehead atoms. The highest BCUT2D eigenvalue weighted by molar-refractivity contribution is 6.05. The van der Waals surface area contributed by atoms with Gasteiger partial charge in [-0.2, -0.15) is 0 Å². The molecule has 42 heavy (non-hydrogen) atoms. The number of ketones is 1. The molecule has 0 N–H and O–H groups in total. The summed E-state index contributed by atoms with van der Waals surface area (Å²) in [5.41, 5.74) is 6.08. The van der Waals surface area contributed by atoms with Crippen LogP contribution in [0.5, 0.6) is 17.2 Å². The van der Waals surface area contributed by atoms with Gasteiger partial charge in [0.05, 0.1) is 27.4 Å². The van der Waals surface area contributed by atoms with E-state index in [2.05, 4.69) is 4.98 Å². The fourth-order valence-electron chi connectivity index (χ4n) is 5.31. The Hall–Kier alpha value is -4.50. The van der Waals surface area contributed by atoms with E-state index in [9.17, 15) is 14.0 Å². The average Bonchev–Trinajstić information content (AvgIpc) is 3.26.